The van der Waals surface area contributed by atoms with Gasteiger partial charge in [0.2, 0.25) is 0 Å². The number of halogens is 1. The van der Waals surface area contributed by atoms with E-state index in [9.17, 15) is 0 Å². The third-order valence-corrected chi connectivity index (χ3v) is 3.38. The van der Waals surface area contributed by atoms with Crippen LogP contribution in [0.25, 0.3) is 0 Å². The van der Waals surface area contributed by atoms with E-state index >= 15 is 0 Å². The highest BCUT2D eigenvalue weighted by Crippen LogP contribution is 2.29. The third kappa shape index (κ3) is 5.35. The van der Waals surface area contributed by atoms with Gasteiger partial charge < -0.3 is 20.5 Å². The monoisotopic (exact) mass is 347 g/mol. The van der Waals surface area contributed by atoms with Crippen LogP contribution in [0, 0.1) is 0 Å². The minimum Gasteiger partial charge on any atom is -0.494 e. The topological polar surface area (TPSA) is 68.9 Å². The molecular weight excluding hydrogens is 326 g/mol. The summed E-state index contributed by atoms with van der Waals surface area (Å²) < 4.78 is 11.1. The molecule has 0 atom stereocenters. The molecule has 2 aromatic rings. The predicted octanol–water partition coefficient (Wildman–Crippen LogP) is 4.06. The van der Waals surface area contributed by atoms with Crippen molar-refractivity contribution in [2.75, 3.05) is 18.5 Å². The molecule has 128 valence electrons. The summed E-state index contributed by atoms with van der Waals surface area (Å²) in [6, 6.07) is 13.1. The average molecular weight is 348 g/mol. The zero-order valence-corrected chi connectivity index (χ0v) is 14.6. The van der Waals surface area contributed by atoms with Gasteiger partial charge in [-0.05, 0) is 43.7 Å². The first-order valence-corrected chi connectivity index (χ1v) is 8.21. The largest absolute Gasteiger partial charge is 0.494 e. The number of hydrogen-bond donors (Lipinski definition) is 2. The number of benzene rings is 2. The minimum absolute atomic E-state index is 0.296. The lowest BCUT2D eigenvalue weighted by Crippen LogP contribution is -2.23. The second-order valence-corrected chi connectivity index (χ2v) is 5.42. The number of anilines is 1. The lowest BCUT2D eigenvalue weighted by molar-refractivity contribution is 0.332. The molecule has 0 unspecified atom stereocenters. The molecule has 24 heavy (non-hydrogen) atoms. The molecule has 0 heterocycles. The lowest BCUT2D eigenvalue weighted by Gasteiger charge is -2.14. The van der Waals surface area contributed by atoms with Crippen LogP contribution < -0.4 is 20.5 Å². The van der Waals surface area contributed by atoms with Crippen molar-refractivity contribution in [2.24, 2.45) is 10.7 Å². The Morgan fingerprint density at radius 2 is 1.92 bits per heavy atom. The fourth-order valence-corrected chi connectivity index (χ4v) is 2.35. The van der Waals surface area contributed by atoms with Crippen molar-refractivity contribution >= 4 is 23.2 Å². The van der Waals surface area contributed by atoms with Crippen LogP contribution in [0.4, 0.5) is 5.69 Å². The van der Waals surface area contributed by atoms with Gasteiger partial charge in [0.15, 0.2) is 5.96 Å². The van der Waals surface area contributed by atoms with Gasteiger partial charge in [0.25, 0.3) is 0 Å². The van der Waals surface area contributed by atoms with Crippen LogP contribution in [0.5, 0.6) is 11.5 Å². The zero-order valence-electron chi connectivity index (χ0n) is 13.9. The second kappa shape index (κ2) is 9.03. The first-order valence-electron chi connectivity index (χ1n) is 7.83. The summed E-state index contributed by atoms with van der Waals surface area (Å²) in [4.78, 5) is 4.34. The van der Waals surface area contributed by atoms with E-state index in [0.29, 0.717) is 36.5 Å². The van der Waals surface area contributed by atoms with Crippen LogP contribution in [-0.4, -0.2) is 19.2 Å². The molecule has 6 heteroatoms. The van der Waals surface area contributed by atoms with Crippen molar-refractivity contribution in [1.82, 2.24) is 0 Å². The maximum absolute atomic E-state index is 5.99. The van der Waals surface area contributed by atoms with Crippen molar-refractivity contribution < 1.29 is 9.47 Å². The van der Waals surface area contributed by atoms with Gasteiger partial charge in [0, 0.05) is 11.1 Å². The Bertz CT molecular complexity index is 704. The van der Waals surface area contributed by atoms with Gasteiger partial charge in [0.05, 0.1) is 25.4 Å². The summed E-state index contributed by atoms with van der Waals surface area (Å²) in [6.45, 7) is 5.45. The van der Waals surface area contributed by atoms with Gasteiger partial charge in [-0.3, -0.25) is 0 Å². The Morgan fingerprint density at radius 3 is 2.62 bits per heavy atom. The number of nitrogens with zero attached hydrogens (tertiary/aromatic N) is 1. The molecule has 0 aliphatic carbocycles. The maximum Gasteiger partial charge on any atom is 0.193 e. The number of aliphatic imine (C=N–C) groups is 1. The van der Waals surface area contributed by atoms with E-state index in [1.54, 1.807) is 0 Å². The molecule has 3 N–H and O–H groups in total. The Hall–Kier alpha value is -2.40. The van der Waals surface area contributed by atoms with Gasteiger partial charge in [-0.1, -0.05) is 23.7 Å². The highest BCUT2D eigenvalue weighted by atomic mass is 35.5. The summed E-state index contributed by atoms with van der Waals surface area (Å²) in [5.74, 6) is 1.73. The number of nitrogens with two attached hydrogens (primary N) is 1. The van der Waals surface area contributed by atoms with Crippen LogP contribution in [-0.2, 0) is 6.54 Å². The van der Waals surface area contributed by atoms with Crippen molar-refractivity contribution in [1.29, 1.82) is 0 Å². The quantitative estimate of drug-likeness (QED) is 0.585. The Kier molecular flexibility index (Phi) is 6.75. The summed E-state index contributed by atoms with van der Waals surface area (Å²) >= 11 is 5.97. The number of hydrogen-bond acceptors (Lipinski definition) is 3. The Balaban J connectivity index is 2.12. The van der Waals surface area contributed by atoms with Gasteiger partial charge in [-0.15, -0.1) is 0 Å². The second-order valence-electron chi connectivity index (χ2n) is 4.98. The normalized spacial score (nSPS) is 11.2. The van der Waals surface area contributed by atoms with Crippen molar-refractivity contribution in [2.45, 2.75) is 20.4 Å². The fourth-order valence-electron chi connectivity index (χ4n) is 2.13. The summed E-state index contributed by atoms with van der Waals surface area (Å²) in [7, 11) is 0. The van der Waals surface area contributed by atoms with Crippen LogP contribution >= 0.6 is 11.6 Å². The molecule has 0 saturated carbocycles. The van der Waals surface area contributed by atoms with Crippen LogP contribution in [0.3, 0.4) is 0 Å². The van der Waals surface area contributed by atoms with E-state index in [1.165, 1.54) is 0 Å². The molecule has 0 amide bonds. The highest BCUT2D eigenvalue weighted by molar-refractivity contribution is 6.30. The molecule has 0 fully saturated rings. The Morgan fingerprint density at radius 1 is 1.12 bits per heavy atom. The molecular formula is C18H22ClN3O2. The zero-order chi connectivity index (χ0) is 17.4. The smallest absolute Gasteiger partial charge is 0.193 e. The van der Waals surface area contributed by atoms with E-state index in [0.717, 1.165) is 17.0 Å². The third-order valence-electron chi connectivity index (χ3n) is 3.15. The Labute approximate surface area is 147 Å². The van der Waals surface area contributed by atoms with Gasteiger partial charge in [0.1, 0.15) is 11.5 Å². The molecule has 0 aromatic heterocycles. The first kappa shape index (κ1) is 17.9. The van der Waals surface area contributed by atoms with Crippen molar-refractivity contribution in [3.63, 3.8) is 0 Å². The molecule has 2 rings (SSSR count). The van der Waals surface area contributed by atoms with E-state index in [1.807, 2.05) is 56.3 Å². The van der Waals surface area contributed by atoms with Gasteiger partial charge >= 0.3 is 0 Å². The maximum atomic E-state index is 5.99. The predicted molar refractivity (Wildman–Crippen MR) is 99.2 cm³/mol. The van der Waals surface area contributed by atoms with Crippen molar-refractivity contribution in [3.05, 3.63) is 53.1 Å². The molecule has 5 nitrogen and oxygen atoms in total. The highest BCUT2D eigenvalue weighted by Gasteiger charge is 2.07. The molecule has 0 aliphatic rings. The lowest BCUT2D eigenvalue weighted by atomic mass is 10.2. The average Bonchev–Trinajstić information content (AvgIpc) is 2.56. The molecule has 0 spiro atoms. The van der Waals surface area contributed by atoms with Crippen LogP contribution in [0.15, 0.2) is 47.5 Å². The molecule has 0 radical (unpaired) electrons. The minimum atomic E-state index is 0.296. The SMILES string of the molecule is CCOc1ccc(OCC)c(NC(N)=NCc2cccc(Cl)c2)c1. The van der Waals surface area contributed by atoms with Gasteiger partial charge in [-0.2, -0.15) is 0 Å². The van der Waals surface area contributed by atoms with E-state index in [4.69, 9.17) is 26.8 Å². The van der Waals surface area contributed by atoms with Crippen LogP contribution in [0.1, 0.15) is 19.4 Å². The number of rotatable bonds is 7. The molecule has 0 aliphatic heterocycles. The van der Waals surface area contributed by atoms with Gasteiger partial charge in [-0.25, -0.2) is 4.99 Å². The summed E-state index contributed by atoms with van der Waals surface area (Å²) in [5, 5.41) is 3.75. The fraction of sp³-hybridized carbons (Fsp3) is 0.278. The number of ether oxygens (including phenoxy) is 2. The standard InChI is InChI=1S/C18H22ClN3O2/c1-3-23-15-8-9-17(24-4-2)16(11-15)22-18(20)21-12-13-6-5-7-14(19)10-13/h5-11H,3-4,12H2,1-2H3,(H3,20,21,22). The van der Waals surface area contributed by atoms with E-state index < -0.39 is 0 Å². The van der Waals surface area contributed by atoms with Crippen LogP contribution in [0.2, 0.25) is 5.02 Å². The summed E-state index contributed by atoms with van der Waals surface area (Å²) in [6.07, 6.45) is 0. The van der Waals surface area contributed by atoms with Crippen molar-refractivity contribution in [3.8, 4) is 11.5 Å². The number of guanidine groups is 1. The molecule has 0 saturated heterocycles. The summed E-state index contributed by atoms with van der Waals surface area (Å²) in [5.41, 5.74) is 7.69. The molecule has 2 aromatic carbocycles. The van der Waals surface area contributed by atoms with E-state index in [-0.39, 0.29) is 0 Å². The molecule has 0 bridgehead atoms. The first-order chi connectivity index (χ1) is 11.6. The number of nitrogens with one attached hydrogen (secondary N) is 1. The van der Waals surface area contributed by atoms with E-state index in [2.05, 4.69) is 10.3 Å².